The zero-order chi connectivity index (χ0) is 26.2. The number of pyridine rings is 1. The molecule has 0 amide bonds. The number of ether oxygens (including phenoxy) is 2. The first-order valence-electron chi connectivity index (χ1n) is 11.9. The van der Waals surface area contributed by atoms with E-state index in [1.54, 1.807) is 23.5 Å². The van der Waals surface area contributed by atoms with E-state index in [2.05, 4.69) is 12.1 Å². The highest BCUT2D eigenvalue weighted by molar-refractivity contribution is 8.16. The third-order valence-corrected chi connectivity index (χ3v) is 8.93. The van der Waals surface area contributed by atoms with E-state index in [-0.39, 0.29) is 16.5 Å². The molecule has 0 unspecified atom stereocenters. The molecule has 0 aliphatic heterocycles. The lowest BCUT2D eigenvalue weighted by Gasteiger charge is -2.13. The number of aromatic nitrogens is 1. The Kier molecular flexibility index (Phi) is 9.77. The van der Waals surface area contributed by atoms with E-state index in [0.717, 1.165) is 63.2 Å². The Morgan fingerprint density at radius 1 is 0.892 bits per heavy atom. The molecule has 0 bridgehead atoms. The van der Waals surface area contributed by atoms with E-state index in [1.165, 1.54) is 14.2 Å². The maximum Gasteiger partial charge on any atom is 0.305 e. The number of carbonyl (C=O) groups excluding carboxylic acids is 2. The predicted molar refractivity (Wildman–Crippen MR) is 152 cm³/mol. The van der Waals surface area contributed by atoms with E-state index in [9.17, 15) is 9.59 Å². The Balaban J connectivity index is 1.52. The monoisotopic (exact) mass is 557 g/mol. The SMILES string of the molecule is COC(=O)CCCSC(SCCCC(=O)OC)c1cc2cc(-c3ccc4ccc(Cl)cc4n3)ccc2o1. The summed E-state index contributed by atoms with van der Waals surface area (Å²) >= 11 is 9.62. The van der Waals surface area contributed by atoms with Gasteiger partial charge in [-0.15, -0.1) is 23.5 Å². The Morgan fingerprint density at radius 3 is 2.24 bits per heavy atom. The summed E-state index contributed by atoms with van der Waals surface area (Å²) in [5, 5.41) is 2.69. The molecule has 4 rings (SSSR count). The summed E-state index contributed by atoms with van der Waals surface area (Å²) in [6.07, 6.45) is 2.21. The third kappa shape index (κ3) is 7.43. The predicted octanol–water partition coefficient (Wildman–Crippen LogP) is 7.67. The number of rotatable bonds is 12. The molecule has 0 aliphatic carbocycles. The fourth-order valence-electron chi connectivity index (χ4n) is 3.82. The molecule has 0 saturated heterocycles. The van der Waals surface area contributed by atoms with Crippen LogP contribution in [-0.4, -0.2) is 42.6 Å². The highest BCUT2D eigenvalue weighted by Crippen LogP contribution is 2.43. The molecule has 0 fully saturated rings. The normalized spacial score (nSPS) is 11.4. The van der Waals surface area contributed by atoms with E-state index in [1.807, 2.05) is 42.5 Å². The molecule has 0 atom stereocenters. The van der Waals surface area contributed by atoms with Gasteiger partial charge < -0.3 is 13.9 Å². The van der Waals surface area contributed by atoms with Gasteiger partial charge in [0.2, 0.25) is 0 Å². The maximum absolute atomic E-state index is 11.5. The average molecular weight is 558 g/mol. The molecule has 194 valence electrons. The lowest BCUT2D eigenvalue weighted by Crippen LogP contribution is -2.02. The molecule has 0 spiro atoms. The van der Waals surface area contributed by atoms with Crippen molar-refractivity contribution >= 4 is 68.9 Å². The molecule has 2 heterocycles. The first kappa shape index (κ1) is 27.4. The molecule has 0 radical (unpaired) electrons. The number of esters is 2. The van der Waals surface area contributed by atoms with Crippen LogP contribution in [0.5, 0.6) is 0 Å². The lowest BCUT2D eigenvalue weighted by atomic mass is 10.1. The summed E-state index contributed by atoms with van der Waals surface area (Å²) in [5.41, 5.74) is 3.52. The van der Waals surface area contributed by atoms with Crippen molar-refractivity contribution in [2.75, 3.05) is 25.7 Å². The number of benzene rings is 2. The Morgan fingerprint density at radius 2 is 1.57 bits per heavy atom. The Bertz CT molecular complexity index is 1370. The van der Waals surface area contributed by atoms with Crippen LogP contribution in [0.3, 0.4) is 0 Å². The van der Waals surface area contributed by atoms with Crippen LogP contribution in [0, 0.1) is 0 Å². The number of hydrogen-bond donors (Lipinski definition) is 0. The second kappa shape index (κ2) is 13.2. The van der Waals surface area contributed by atoms with Gasteiger partial charge in [-0.25, -0.2) is 4.98 Å². The summed E-state index contributed by atoms with van der Waals surface area (Å²) in [7, 11) is 2.81. The molecule has 4 aromatic rings. The van der Waals surface area contributed by atoms with Crippen LogP contribution in [0.25, 0.3) is 33.1 Å². The summed E-state index contributed by atoms with van der Waals surface area (Å²) in [4.78, 5) is 27.7. The molecule has 0 saturated carbocycles. The Hall–Kier alpha value is -2.68. The number of halogens is 1. The quantitative estimate of drug-likeness (QED) is 0.0997. The van der Waals surface area contributed by atoms with E-state index < -0.39 is 0 Å². The fraction of sp³-hybridized carbons (Fsp3) is 0.321. The first-order valence-corrected chi connectivity index (χ1v) is 14.4. The smallest absolute Gasteiger partial charge is 0.305 e. The van der Waals surface area contributed by atoms with E-state index in [0.29, 0.717) is 17.9 Å². The Labute approximate surface area is 229 Å². The van der Waals surface area contributed by atoms with Gasteiger partial charge in [-0.2, -0.15) is 0 Å². The van der Waals surface area contributed by atoms with Crippen molar-refractivity contribution in [3.63, 3.8) is 0 Å². The van der Waals surface area contributed by atoms with Crippen molar-refractivity contribution in [2.45, 2.75) is 30.3 Å². The standard InChI is InChI=1S/C28H28ClNO5S2/c1-33-26(31)5-3-13-36-28(37-14-4-6-27(32)34-2)25-16-20-15-19(9-12-24(20)35-25)22-11-8-18-7-10-21(29)17-23(18)30-22/h7-12,15-17,28H,3-6,13-14H2,1-2H3. The molecule has 0 aliphatic rings. The second-order valence-corrected chi connectivity index (χ2v) is 11.5. The summed E-state index contributed by atoms with van der Waals surface area (Å²) in [6, 6.07) is 17.9. The maximum atomic E-state index is 11.5. The summed E-state index contributed by atoms with van der Waals surface area (Å²) in [5.74, 6) is 2.02. The van der Waals surface area contributed by atoms with Crippen LogP contribution in [0.1, 0.15) is 36.0 Å². The number of thioether (sulfide) groups is 2. The number of furan rings is 1. The highest BCUT2D eigenvalue weighted by Gasteiger charge is 2.19. The number of hydrogen-bond acceptors (Lipinski definition) is 8. The van der Waals surface area contributed by atoms with Crippen molar-refractivity contribution in [1.29, 1.82) is 0 Å². The largest absolute Gasteiger partial charge is 0.469 e. The minimum Gasteiger partial charge on any atom is -0.469 e. The zero-order valence-electron chi connectivity index (χ0n) is 20.7. The van der Waals surface area contributed by atoms with Gasteiger partial charge in [0.15, 0.2) is 0 Å². The van der Waals surface area contributed by atoms with Crippen molar-refractivity contribution in [2.24, 2.45) is 0 Å². The molecule has 2 aromatic carbocycles. The minimum atomic E-state index is -0.205. The first-order chi connectivity index (χ1) is 18.0. The van der Waals surface area contributed by atoms with Crippen molar-refractivity contribution in [1.82, 2.24) is 4.98 Å². The fourth-order valence-corrected chi connectivity index (χ4v) is 6.56. The number of carbonyl (C=O) groups is 2. The van der Waals surface area contributed by atoms with Crippen molar-refractivity contribution < 1.29 is 23.5 Å². The number of methoxy groups -OCH3 is 2. The average Bonchev–Trinajstić information content (AvgIpc) is 3.34. The van der Waals surface area contributed by atoms with E-state index >= 15 is 0 Å². The summed E-state index contributed by atoms with van der Waals surface area (Å²) in [6.45, 7) is 0. The van der Waals surface area contributed by atoms with Crippen LogP contribution in [0.15, 0.2) is 59.0 Å². The molecular weight excluding hydrogens is 530 g/mol. The van der Waals surface area contributed by atoms with Crippen LogP contribution in [0.4, 0.5) is 0 Å². The van der Waals surface area contributed by atoms with Gasteiger partial charge in [0, 0.05) is 34.2 Å². The molecule has 0 N–H and O–H groups in total. The second-order valence-electron chi connectivity index (χ2n) is 8.37. The van der Waals surface area contributed by atoms with Gasteiger partial charge in [-0.3, -0.25) is 9.59 Å². The highest BCUT2D eigenvalue weighted by atomic mass is 35.5. The molecule has 2 aromatic heterocycles. The number of fused-ring (bicyclic) bond motifs is 2. The van der Waals surface area contributed by atoms with E-state index in [4.69, 9.17) is 30.5 Å². The van der Waals surface area contributed by atoms with Crippen LogP contribution in [0.2, 0.25) is 5.02 Å². The lowest BCUT2D eigenvalue weighted by molar-refractivity contribution is -0.141. The summed E-state index contributed by atoms with van der Waals surface area (Å²) < 4.78 is 15.8. The molecule has 6 nitrogen and oxygen atoms in total. The third-order valence-electron chi connectivity index (χ3n) is 5.76. The topological polar surface area (TPSA) is 78.6 Å². The minimum absolute atomic E-state index is 0.0343. The van der Waals surface area contributed by atoms with Crippen LogP contribution < -0.4 is 0 Å². The van der Waals surface area contributed by atoms with Gasteiger partial charge >= 0.3 is 11.9 Å². The molecule has 9 heteroatoms. The van der Waals surface area contributed by atoms with Gasteiger partial charge in [-0.1, -0.05) is 23.7 Å². The van der Waals surface area contributed by atoms with Crippen molar-refractivity contribution in [3.8, 4) is 11.3 Å². The van der Waals surface area contributed by atoms with Crippen molar-refractivity contribution in [3.05, 3.63) is 65.4 Å². The number of nitrogens with zero attached hydrogens (tertiary/aromatic N) is 1. The molecule has 37 heavy (non-hydrogen) atoms. The zero-order valence-corrected chi connectivity index (χ0v) is 23.1. The van der Waals surface area contributed by atoms with Crippen LogP contribution >= 0.6 is 35.1 Å². The van der Waals surface area contributed by atoms with Gasteiger partial charge in [0.25, 0.3) is 0 Å². The molecular formula is C28H28ClNO5S2. The van der Waals surface area contributed by atoms with Gasteiger partial charge in [-0.05, 0) is 66.8 Å². The van der Waals surface area contributed by atoms with Gasteiger partial charge in [0.05, 0.1) is 25.4 Å². The van der Waals surface area contributed by atoms with Crippen LogP contribution in [-0.2, 0) is 19.1 Å². The van der Waals surface area contributed by atoms with Gasteiger partial charge in [0.1, 0.15) is 15.9 Å².